The second-order valence-corrected chi connectivity index (χ2v) is 6.74. The van der Waals surface area contributed by atoms with Gasteiger partial charge in [-0.05, 0) is 48.0 Å². The van der Waals surface area contributed by atoms with E-state index in [2.05, 4.69) is 5.10 Å². The van der Waals surface area contributed by atoms with Gasteiger partial charge in [0.15, 0.2) is 0 Å². The number of methoxy groups -OCH3 is 3. The molecule has 8 heteroatoms. The number of nitrogens with zero attached hydrogens (tertiary/aromatic N) is 2. The van der Waals surface area contributed by atoms with E-state index in [1.165, 1.54) is 5.01 Å². The van der Waals surface area contributed by atoms with Crippen LogP contribution in [-0.4, -0.2) is 49.0 Å². The van der Waals surface area contributed by atoms with E-state index in [1.54, 1.807) is 33.5 Å². The van der Waals surface area contributed by atoms with E-state index >= 15 is 0 Å². The van der Waals surface area contributed by atoms with Crippen LogP contribution in [0.2, 0.25) is 0 Å². The van der Waals surface area contributed by atoms with Crippen molar-refractivity contribution >= 4 is 17.6 Å². The highest BCUT2D eigenvalue weighted by atomic mass is 16.5. The van der Waals surface area contributed by atoms with Gasteiger partial charge in [0, 0.05) is 18.4 Å². The Morgan fingerprint density at radius 1 is 1.00 bits per heavy atom. The molecule has 0 fully saturated rings. The number of rotatable bonds is 8. The minimum atomic E-state index is -1.03. The number of benzene rings is 2. The Bertz CT molecular complexity index is 955. The molecule has 0 radical (unpaired) electrons. The summed E-state index contributed by atoms with van der Waals surface area (Å²) in [5, 5.41) is 14.9. The first-order valence-corrected chi connectivity index (χ1v) is 9.44. The molecule has 0 aliphatic carbocycles. The maximum Gasteiger partial charge on any atom is 0.303 e. The summed E-state index contributed by atoms with van der Waals surface area (Å²) in [7, 11) is 4.72. The molecule has 1 aliphatic rings. The highest BCUT2D eigenvalue weighted by Gasteiger charge is 2.35. The Hall–Kier alpha value is -3.55. The summed E-state index contributed by atoms with van der Waals surface area (Å²) in [5.41, 5.74) is 2.32. The van der Waals surface area contributed by atoms with Crippen LogP contribution in [-0.2, 0) is 9.59 Å². The standard InChI is InChI=1S/C22H24N2O6/c1-28-15-6-4-14(5-7-15)18-13-19(24(23-18)21(25)10-11-22(26)27)17-12-16(29-2)8-9-20(17)30-3/h4-9,12,19H,10-11,13H2,1-3H3,(H,26,27)/t19-/m0/s1. The molecule has 0 unspecified atom stereocenters. The maximum atomic E-state index is 12.8. The molecular formula is C22H24N2O6. The summed E-state index contributed by atoms with van der Waals surface area (Å²) in [4.78, 5) is 23.8. The molecule has 3 rings (SSSR count). The van der Waals surface area contributed by atoms with Crippen LogP contribution in [0.25, 0.3) is 0 Å². The molecular weight excluding hydrogens is 388 g/mol. The number of hydrogen-bond acceptors (Lipinski definition) is 6. The van der Waals surface area contributed by atoms with E-state index in [0.717, 1.165) is 22.6 Å². The van der Waals surface area contributed by atoms with Crippen molar-refractivity contribution in [2.45, 2.75) is 25.3 Å². The summed E-state index contributed by atoms with van der Waals surface area (Å²) < 4.78 is 16.0. The molecule has 0 saturated carbocycles. The van der Waals surface area contributed by atoms with Gasteiger partial charge in [-0.3, -0.25) is 9.59 Å². The van der Waals surface area contributed by atoms with E-state index in [9.17, 15) is 9.59 Å². The first-order chi connectivity index (χ1) is 14.5. The number of carboxylic acid groups (broad SMARTS) is 1. The molecule has 1 aliphatic heterocycles. The van der Waals surface area contributed by atoms with Crippen molar-refractivity contribution in [3.8, 4) is 17.2 Å². The SMILES string of the molecule is COc1ccc(C2=NN(C(=O)CCC(=O)O)[C@H](c3cc(OC)ccc3OC)C2)cc1. The Morgan fingerprint density at radius 2 is 1.67 bits per heavy atom. The first-order valence-electron chi connectivity index (χ1n) is 9.44. The van der Waals surface area contributed by atoms with Crippen molar-refractivity contribution in [3.63, 3.8) is 0 Å². The molecule has 0 aromatic heterocycles. The zero-order valence-electron chi connectivity index (χ0n) is 17.1. The molecule has 0 saturated heterocycles. The van der Waals surface area contributed by atoms with E-state index in [4.69, 9.17) is 19.3 Å². The summed E-state index contributed by atoms with van der Waals surface area (Å²) in [5.74, 6) is 0.551. The average Bonchev–Trinajstić information content (AvgIpc) is 3.22. The van der Waals surface area contributed by atoms with Gasteiger partial charge in [0.2, 0.25) is 5.91 Å². The van der Waals surface area contributed by atoms with E-state index < -0.39 is 12.0 Å². The molecule has 0 spiro atoms. The molecule has 2 aromatic carbocycles. The fourth-order valence-electron chi connectivity index (χ4n) is 3.37. The van der Waals surface area contributed by atoms with Crippen LogP contribution in [0.4, 0.5) is 0 Å². The lowest BCUT2D eigenvalue weighted by molar-refractivity contribution is -0.141. The van der Waals surface area contributed by atoms with E-state index in [0.29, 0.717) is 17.9 Å². The number of amides is 1. The number of carbonyl (C=O) groups excluding carboxylic acids is 1. The number of aliphatic carboxylic acids is 1. The third-order valence-corrected chi connectivity index (χ3v) is 4.94. The second-order valence-electron chi connectivity index (χ2n) is 6.74. The van der Waals surface area contributed by atoms with Gasteiger partial charge in [0.05, 0.1) is 39.5 Å². The van der Waals surface area contributed by atoms with E-state index in [1.807, 2.05) is 30.3 Å². The molecule has 158 valence electrons. The minimum absolute atomic E-state index is 0.141. The number of carboxylic acids is 1. The normalized spacial score (nSPS) is 15.5. The highest BCUT2D eigenvalue weighted by molar-refractivity contribution is 6.03. The predicted octanol–water partition coefficient (Wildman–Crippen LogP) is 3.25. The molecule has 1 atom stereocenters. The van der Waals surface area contributed by atoms with E-state index in [-0.39, 0.29) is 18.7 Å². The van der Waals surface area contributed by atoms with Gasteiger partial charge < -0.3 is 19.3 Å². The van der Waals surface area contributed by atoms with Crippen LogP contribution < -0.4 is 14.2 Å². The number of hydrogen-bond donors (Lipinski definition) is 1. The molecule has 1 N–H and O–H groups in total. The third-order valence-electron chi connectivity index (χ3n) is 4.94. The zero-order valence-corrected chi connectivity index (χ0v) is 17.1. The number of ether oxygens (including phenoxy) is 3. The van der Waals surface area contributed by atoms with Gasteiger partial charge in [-0.25, -0.2) is 5.01 Å². The quantitative estimate of drug-likeness (QED) is 0.715. The van der Waals surface area contributed by atoms with Gasteiger partial charge in [-0.1, -0.05) is 0 Å². The van der Waals surface area contributed by atoms with Crippen molar-refractivity contribution < 1.29 is 28.9 Å². The van der Waals surface area contributed by atoms with Gasteiger partial charge in [-0.15, -0.1) is 0 Å². The Labute approximate surface area is 174 Å². The van der Waals surface area contributed by atoms with Crippen molar-refractivity contribution in [1.82, 2.24) is 5.01 Å². The Balaban J connectivity index is 1.98. The lowest BCUT2D eigenvalue weighted by Gasteiger charge is -2.24. The molecule has 8 nitrogen and oxygen atoms in total. The van der Waals surface area contributed by atoms with Crippen LogP contribution >= 0.6 is 0 Å². The van der Waals surface area contributed by atoms with Crippen LogP contribution in [0.5, 0.6) is 17.2 Å². The average molecular weight is 412 g/mol. The van der Waals surface area contributed by atoms with Crippen molar-refractivity contribution in [2.24, 2.45) is 5.10 Å². The van der Waals surface area contributed by atoms with Gasteiger partial charge in [-0.2, -0.15) is 5.10 Å². The van der Waals surface area contributed by atoms with Crippen LogP contribution in [0.15, 0.2) is 47.6 Å². The van der Waals surface area contributed by atoms with Crippen LogP contribution in [0.1, 0.15) is 36.4 Å². The lowest BCUT2D eigenvalue weighted by atomic mass is 9.97. The predicted molar refractivity (Wildman–Crippen MR) is 110 cm³/mol. The summed E-state index contributed by atoms with van der Waals surface area (Å²) in [6.45, 7) is 0. The molecule has 30 heavy (non-hydrogen) atoms. The highest BCUT2D eigenvalue weighted by Crippen LogP contribution is 2.39. The monoisotopic (exact) mass is 412 g/mol. The van der Waals surface area contributed by atoms with Gasteiger partial charge in [0.1, 0.15) is 17.2 Å². The first kappa shape index (κ1) is 21.2. The van der Waals surface area contributed by atoms with Crippen molar-refractivity contribution in [2.75, 3.05) is 21.3 Å². The summed E-state index contributed by atoms with van der Waals surface area (Å²) >= 11 is 0. The largest absolute Gasteiger partial charge is 0.497 e. The zero-order chi connectivity index (χ0) is 21.7. The van der Waals surface area contributed by atoms with Crippen molar-refractivity contribution in [1.29, 1.82) is 0 Å². The fraction of sp³-hybridized carbons (Fsp3) is 0.318. The van der Waals surface area contributed by atoms with Gasteiger partial charge >= 0.3 is 5.97 Å². The molecule has 2 aromatic rings. The fourth-order valence-corrected chi connectivity index (χ4v) is 3.37. The third kappa shape index (κ3) is 4.53. The van der Waals surface area contributed by atoms with Gasteiger partial charge in [0.25, 0.3) is 0 Å². The molecule has 1 heterocycles. The number of hydrazone groups is 1. The molecule has 1 amide bonds. The number of carbonyl (C=O) groups is 2. The Kier molecular flexibility index (Phi) is 6.56. The Morgan fingerprint density at radius 3 is 2.27 bits per heavy atom. The van der Waals surface area contributed by atoms with Crippen LogP contribution in [0, 0.1) is 0 Å². The topological polar surface area (TPSA) is 97.7 Å². The van der Waals surface area contributed by atoms with Crippen molar-refractivity contribution in [3.05, 3.63) is 53.6 Å². The summed E-state index contributed by atoms with van der Waals surface area (Å²) in [6, 6.07) is 12.3. The molecule has 0 bridgehead atoms. The van der Waals surface area contributed by atoms with Crippen LogP contribution in [0.3, 0.4) is 0 Å². The lowest BCUT2D eigenvalue weighted by Crippen LogP contribution is -2.27. The maximum absolute atomic E-state index is 12.8. The minimum Gasteiger partial charge on any atom is -0.497 e. The smallest absolute Gasteiger partial charge is 0.303 e. The summed E-state index contributed by atoms with van der Waals surface area (Å²) in [6.07, 6.45) is 0.0524. The second kappa shape index (κ2) is 9.30.